The normalized spacial score (nSPS) is 12.9. The highest BCUT2D eigenvalue weighted by atomic mass is 35.5. The van der Waals surface area contributed by atoms with Crippen molar-refractivity contribution in [2.24, 2.45) is 0 Å². The third-order valence-corrected chi connectivity index (χ3v) is 7.97. The molecule has 178 valence electrons. The first-order valence-electron chi connectivity index (χ1n) is 11.1. The van der Waals surface area contributed by atoms with Crippen molar-refractivity contribution in [1.29, 1.82) is 5.26 Å². The summed E-state index contributed by atoms with van der Waals surface area (Å²) in [6, 6.07) is 10.4. The molecule has 0 aliphatic heterocycles. The van der Waals surface area contributed by atoms with Gasteiger partial charge >= 0.3 is 0 Å². The van der Waals surface area contributed by atoms with Crippen molar-refractivity contribution in [1.82, 2.24) is 14.5 Å². The molecule has 0 aliphatic rings. The zero-order valence-electron chi connectivity index (χ0n) is 20.1. The molecule has 0 spiro atoms. The number of aliphatic hydroxyl groups excluding tert-OH is 1. The number of nitrogens with one attached hydrogen (secondary N) is 1. The summed E-state index contributed by atoms with van der Waals surface area (Å²) in [7, 11) is 0.318. The standard InChI is InChI=1S/C25H29ClN4O3Si/c1-15-10-20(32-2)22(21-17(26)13-28-23(15)21)24(31)25-29-18-11-16(12-27)6-7-19(18)30(25)14-33-8-9-34(3,4)5/h6-7,10-11,13,24,28,31H,8-9,14H2,1-5H3. The Hall–Kier alpha value is -2.83. The fraction of sp³-hybridized carbons (Fsp3) is 0.360. The first-order valence-corrected chi connectivity index (χ1v) is 15.2. The fourth-order valence-corrected chi connectivity index (χ4v) is 5.12. The highest BCUT2D eigenvalue weighted by molar-refractivity contribution is 6.76. The monoisotopic (exact) mass is 496 g/mol. The number of aryl methyl sites for hydroxylation is 1. The second kappa shape index (κ2) is 9.43. The first-order chi connectivity index (χ1) is 16.1. The van der Waals surface area contributed by atoms with E-state index in [4.69, 9.17) is 26.1 Å². The summed E-state index contributed by atoms with van der Waals surface area (Å²) in [6.45, 7) is 9.73. The Morgan fingerprint density at radius 3 is 2.74 bits per heavy atom. The van der Waals surface area contributed by atoms with Gasteiger partial charge in [0.1, 0.15) is 24.4 Å². The maximum absolute atomic E-state index is 11.7. The van der Waals surface area contributed by atoms with Crippen molar-refractivity contribution in [3.63, 3.8) is 0 Å². The highest BCUT2D eigenvalue weighted by Crippen LogP contribution is 2.41. The van der Waals surface area contributed by atoms with E-state index in [0.717, 1.165) is 22.6 Å². The molecule has 4 aromatic rings. The van der Waals surface area contributed by atoms with E-state index in [2.05, 4.69) is 30.7 Å². The maximum atomic E-state index is 11.7. The molecular weight excluding hydrogens is 468 g/mol. The number of aromatic amines is 1. The number of hydrogen-bond acceptors (Lipinski definition) is 5. The molecule has 2 heterocycles. The van der Waals surface area contributed by atoms with Crippen LogP contribution in [-0.4, -0.2) is 41.4 Å². The quantitative estimate of drug-likeness (QED) is 0.239. The van der Waals surface area contributed by atoms with Gasteiger partial charge in [-0.1, -0.05) is 31.2 Å². The number of H-pyrrole nitrogens is 1. The number of methoxy groups -OCH3 is 1. The Kier molecular flexibility index (Phi) is 6.74. The molecule has 34 heavy (non-hydrogen) atoms. The predicted octanol–water partition coefficient (Wildman–Crippen LogP) is 5.75. The van der Waals surface area contributed by atoms with Crippen LogP contribution in [0.3, 0.4) is 0 Å². The van der Waals surface area contributed by atoms with E-state index in [1.807, 2.05) is 23.6 Å². The molecule has 0 aliphatic carbocycles. The van der Waals surface area contributed by atoms with Crippen molar-refractivity contribution >= 4 is 41.6 Å². The molecule has 9 heteroatoms. The highest BCUT2D eigenvalue weighted by Gasteiger charge is 2.27. The largest absolute Gasteiger partial charge is 0.496 e. The third-order valence-electron chi connectivity index (χ3n) is 5.97. The summed E-state index contributed by atoms with van der Waals surface area (Å²) in [4.78, 5) is 7.91. The van der Waals surface area contributed by atoms with Gasteiger partial charge in [-0.3, -0.25) is 0 Å². The number of rotatable bonds is 8. The molecule has 1 unspecified atom stereocenters. The van der Waals surface area contributed by atoms with Crippen LogP contribution in [0.15, 0.2) is 30.5 Å². The summed E-state index contributed by atoms with van der Waals surface area (Å²) in [5, 5.41) is 22.2. The van der Waals surface area contributed by atoms with Gasteiger partial charge in [-0.2, -0.15) is 5.26 Å². The fourth-order valence-electron chi connectivity index (χ4n) is 4.11. The van der Waals surface area contributed by atoms with Gasteiger partial charge in [0.2, 0.25) is 0 Å². The van der Waals surface area contributed by atoms with Crippen LogP contribution in [0.4, 0.5) is 0 Å². The van der Waals surface area contributed by atoms with Gasteiger partial charge in [-0.05, 0) is 42.8 Å². The molecule has 1 atom stereocenters. The van der Waals surface area contributed by atoms with Gasteiger partial charge in [0.25, 0.3) is 0 Å². The summed E-state index contributed by atoms with van der Waals surface area (Å²) < 4.78 is 13.5. The van der Waals surface area contributed by atoms with E-state index >= 15 is 0 Å². The zero-order chi connectivity index (χ0) is 24.6. The van der Waals surface area contributed by atoms with Crippen LogP contribution >= 0.6 is 11.6 Å². The Bertz CT molecular complexity index is 1400. The molecule has 2 aromatic heterocycles. The summed E-state index contributed by atoms with van der Waals surface area (Å²) in [5.41, 5.74) is 4.22. The molecule has 2 aromatic carbocycles. The van der Waals surface area contributed by atoms with E-state index in [1.165, 1.54) is 0 Å². The Labute approximate surface area is 204 Å². The number of hydrogen-bond donors (Lipinski definition) is 2. The zero-order valence-corrected chi connectivity index (χ0v) is 21.8. The van der Waals surface area contributed by atoms with Crippen LogP contribution in [-0.2, 0) is 11.5 Å². The van der Waals surface area contributed by atoms with Crippen LogP contribution in [0.2, 0.25) is 30.7 Å². The lowest BCUT2D eigenvalue weighted by molar-refractivity contribution is 0.0814. The Balaban J connectivity index is 1.84. The van der Waals surface area contributed by atoms with E-state index in [1.54, 1.807) is 25.4 Å². The van der Waals surface area contributed by atoms with Crippen molar-refractivity contribution < 1.29 is 14.6 Å². The van der Waals surface area contributed by atoms with E-state index in [9.17, 15) is 10.4 Å². The Morgan fingerprint density at radius 2 is 2.06 bits per heavy atom. The average Bonchev–Trinajstić information content (AvgIpc) is 3.36. The lowest BCUT2D eigenvalue weighted by Crippen LogP contribution is -2.22. The number of halogens is 1. The number of aromatic nitrogens is 3. The molecule has 0 fully saturated rings. The molecule has 0 bridgehead atoms. The number of aliphatic hydroxyl groups is 1. The topological polar surface area (TPSA) is 96.1 Å². The second-order valence-corrected chi connectivity index (χ2v) is 15.7. The van der Waals surface area contributed by atoms with E-state index < -0.39 is 14.2 Å². The first kappa shape index (κ1) is 24.3. The molecule has 2 N–H and O–H groups in total. The third kappa shape index (κ3) is 4.57. The van der Waals surface area contributed by atoms with E-state index in [0.29, 0.717) is 45.2 Å². The minimum absolute atomic E-state index is 0.234. The summed E-state index contributed by atoms with van der Waals surface area (Å²) in [6.07, 6.45) is 0.571. The van der Waals surface area contributed by atoms with E-state index in [-0.39, 0.29) is 6.73 Å². The maximum Gasteiger partial charge on any atom is 0.145 e. The van der Waals surface area contributed by atoms with Crippen LogP contribution in [0.25, 0.3) is 21.9 Å². The number of benzene rings is 2. The van der Waals surface area contributed by atoms with Gasteiger partial charge in [0.15, 0.2) is 0 Å². The van der Waals surface area contributed by atoms with Crippen molar-refractivity contribution in [3.05, 3.63) is 58.0 Å². The number of ether oxygens (including phenoxy) is 2. The average molecular weight is 497 g/mol. The Morgan fingerprint density at radius 1 is 1.29 bits per heavy atom. The van der Waals surface area contributed by atoms with Crippen LogP contribution in [0, 0.1) is 18.3 Å². The molecule has 0 radical (unpaired) electrons. The van der Waals surface area contributed by atoms with Crippen molar-refractivity contribution in [2.45, 2.75) is 45.4 Å². The summed E-state index contributed by atoms with van der Waals surface area (Å²) >= 11 is 6.53. The smallest absolute Gasteiger partial charge is 0.145 e. The molecular formula is C25H29ClN4O3Si. The number of nitrogens with zero attached hydrogens (tertiary/aromatic N) is 3. The molecule has 4 rings (SSSR count). The SMILES string of the molecule is COc1cc(C)c2[nH]cc(Cl)c2c1C(O)c1nc2cc(C#N)ccc2n1COCC[Si](C)(C)C. The van der Waals surface area contributed by atoms with Gasteiger partial charge in [-0.25, -0.2) is 4.98 Å². The number of fused-ring (bicyclic) bond motifs is 2. The van der Waals surface area contributed by atoms with Gasteiger partial charge in [-0.15, -0.1) is 0 Å². The van der Waals surface area contributed by atoms with Crippen LogP contribution in [0.5, 0.6) is 5.75 Å². The minimum atomic E-state index is -1.25. The molecule has 0 saturated heterocycles. The summed E-state index contributed by atoms with van der Waals surface area (Å²) in [5.74, 6) is 0.925. The predicted molar refractivity (Wildman–Crippen MR) is 137 cm³/mol. The van der Waals surface area contributed by atoms with Crippen LogP contribution < -0.4 is 4.74 Å². The van der Waals surface area contributed by atoms with Crippen LogP contribution in [0.1, 0.15) is 28.6 Å². The lowest BCUT2D eigenvalue weighted by Gasteiger charge is -2.20. The van der Waals surface area contributed by atoms with Gasteiger partial charge < -0.3 is 24.1 Å². The van der Waals surface area contributed by atoms with Gasteiger partial charge in [0, 0.05) is 31.8 Å². The van der Waals surface area contributed by atoms with Gasteiger partial charge in [0.05, 0.1) is 40.3 Å². The number of imidazole rings is 1. The molecule has 0 amide bonds. The van der Waals surface area contributed by atoms with Crippen molar-refractivity contribution in [2.75, 3.05) is 13.7 Å². The number of nitriles is 1. The van der Waals surface area contributed by atoms with Crippen molar-refractivity contribution in [3.8, 4) is 11.8 Å². The minimum Gasteiger partial charge on any atom is -0.496 e. The second-order valence-electron chi connectivity index (χ2n) is 9.66. The lowest BCUT2D eigenvalue weighted by atomic mass is 9.99. The molecule has 0 saturated carbocycles. The molecule has 7 nitrogen and oxygen atoms in total.